The number of anilines is 2. The number of hydrogen-bond acceptors (Lipinski definition) is 3. The second kappa shape index (κ2) is 10.1. The molecule has 0 aromatic heterocycles. The number of carbonyl (C=O) groups is 2. The standard InChI is InChI=1S/C23H21ClFN3O3/c1-28(22(30)16-2-6-17(24)7-3-16)20-12-10-19(11-13-20)27-23(31)26-14-21(29)15-4-8-18(25)9-5-15/h2-13,21,29H,14H2,1H3,(H2,26,27,31). The minimum Gasteiger partial charge on any atom is -0.387 e. The second-order valence-corrected chi connectivity index (χ2v) is 7.26. The first-order valence-corrected chi connectivity index (χ1v) is 9.83. The van der Waals surface area contributed by atoms with Crippen LogP contribution >= 0.6 is 11.6 Å². The van der Waals surface area contributed by atoms with Gasteiger partial charge < -0.3 is 20.6 Å². The first-order chi connectivity index (χ1) is 14.8. The smallest absolute Gasteiger partial charge is 0.319 e. The quantitative estimate of drug-likeness (QED) is 0.522. The molecule has 0 bridgehead atoms. The third-order valence-electron chi connectivity index (χ3n) is 4.62. The average Bonchev–Trinajstić information content (AvgIpc) is 2.78. The molecule has 8 heteroatoms. The number of aliphatic hydroxyl groups is 1. The molecule has 0 saturated carbocycles. The van der Waals surface area contributed by atoms with Crippen LogP contribution in [0.4, 0.5) is 20.6 Å². The molecular weight excluding hydrogens is 421 g/mol. The molecule has 0 fully saturated rings. The van der Waals surface area contributed by atoms with Crippen LogP contribution in [0.25, 0.3) is 0 Å². The topological polar surface area (TPSA) is 81.7 Å². The third-order valence-corrected chi connectivity index (χ3v) is 4.87. The summed E-state index contributed by atoms with van der Waals surface area (Å²) in [5.74, 6) is -0.587. The fourth-order valence-electron chi connectivity index (χ4n) is 2.84. The van der Waals surface area contributed by atoms with Crippen LogP contribution in [0.1, 0.15) is 22.0 Å². The highest BCUT2D eigenvalue weighted by molar-refractivity contribution is 6.30. The van der Waals surface area contributed by atoms with E-state index < -0.39 is 18.0 Å². The van der Waals surface area contributed by atoms with Crippen LogP contribution in [0.2, 0.25) is 5.02 Å². The van der Waals surface area contributed by atoms with Gasteiger partial charge in [0, 0.05) is 35.6 Å². The van der Waals surface area contributed by atoms with Crippen molar-refractivity contribution < 1.29 is 19.1 Å². The average molecular weight is 442 g/mol. The molecule has 0 saturated heterocycles. The largest absolute Gasteiger partial charge is 0.387 e. The van der Waals surface area contributed by atoms with Crippen molar-refractivity contribution in [2.24, 2.45) is 0 Å². The summed E-state index contributed by atoms with van der Waals surface area (Å²) in [6.07, 6.45) is -0.957. The summed E-state index contributed by atoms with van der Waals surface area (Å²) in [7, 11) is 1.66. The van der Waals surface area contributed by atoms with E-state index in [-0.39, 0.29) is 12.5 Å². The first-order valence-electron chi connectivity index (χ1n) is 9.45. The van der Waals surface area contributed by atoms with E-state index in [9.17, 15) is 19.1 Å². The van der Waals surface area contributed by atoms with E-state index in [0.29, 0.717) is 27.5 Å². The van der Waals surface area contributed by atoms with Gasteiger partial charge in [0.2, 0.25) is 0 Å². The number of amides is 3. The zero-order chi connectivity index (χ0) is 22.4. The van der Waals surface area contributed by atoms with E-state index in [0.717, 1.165) is 0 Å². The number of benzene rings is 3. The van der Waals surface area contributed by atoms with Gasteiger partial charge >= 0.3 is 6.03 Å². The van der Waals surface area contributed by atoms with Crippen LogP contribution in [0.15, 0.2) is 72.8 Å². The highest BCUT2D eigenvalue weighted by atomic mass is 35.5. The molecule has 0 aliphatic rings. The number of urea groups is 1. The number of nitrogens with zero attached hydrogens (tertiary/aromatic N) is 1. The van der Waals surface area contributed by atoms with E-state index in [1.807, 2.05) is 0 Å². The van der Waals surface area contributed by atoms with Crippen molar-refractivity contribution in [3.05, 3.63) is 94.8 Å². The fourth-order valence-corrected chi connectivity index (χ4v) is 2.97. The molecule has 1 atom stereocenters. The molecule has 1 unspecified atom stereocenters. The maximum Gasteiger partial charge on any atom is 0.319 e. The fraction of sp³-hybridized carbons (Fsp3) is 0.130. The molecule has 160 valence electrons. The van der Waals surface area contributed by atoms with Crippen LogP contribution in [0.3, 0.4) is 0 Å². The summed E-state index contributed by atoms with van der Waals surface area (Å²) in [6, 6.07) is 18.3. The van der Waals surface area contributed by atoms with E-state index in [2.05, 4.69) is 10.6 Å². The van der Waals surface area contributed by atoms with Gasteiger partial charge in [0.25, 0.3) is 5.91 Å². The lowest BCUT2D eigenvalue weighted by Crippen LogP contribution is -2.32. The Hall–Kier alpha value is -3.42. The van der Waals surface area contributed by atoms with E-state index in [1.54, 1.807) is 55.6 Å². The van der Waals surface area contributed by atoms with Gasteiger partial charge in [-0.15, -0.1) is 0 Å². The van der Waals surface area contributed by atoms with Crippen LogP contribution in [0, 0.1) is 5.82 Å². The Kier molecular flexibility index (Phi) is 7.23. The number of aliphatic hydroxyl groups excluding tert-OH is 1. The zero-order valence-electron chi connectivity index (χ0n) is 16.7. The molecule has 0 radical (unpaired) electrons. The summed E-state index contributed by atoms with van der Waals surface area (Å²) in [5, 5.41) is 15.8. The molecule has 3 amide bonds. The van der Waals surface area contributed by atoms with Gasteiger partial charge in [-0.25, -0.2) is 9.18 Å². The van der Waals surface area contributed by atoms with Crippen molar-refractivity contribution >= 4 is 34.9 Å². The lowest BCUT2D eigenvalue weighted by Gasteiger charge is -2.18. The van der Waals surface area contributed by atoms with Crippen LogP contribution < -0.4 is 15.5 Å². The van der Waals surface area contributed by atoms with Crippen molar-refractivity contribution in [1.29, 1.82) is 0 Å². The Morgan fingerprint density at radius 2 is 1.61 bits per heavy atom. The Labute approximate surface area is 184 Å². The van der Waals surface area contributed by atoms with Crippen molar-refractivity contribution in [2.45, 2.75) is 6.10 Å². The summed E-state index contributed by atoms with van der Waals surface area (Å²) < 4.78 is 12.9. The molecule has 0 aliphatic heterocycles. The number of hydrogen-bond donors (Lipinski definition) is 3. The maximum absolute atomic E-state index is 12.9. The first kappa shape index (κ1) is 22.3. The molecule has 3 aromatic carbocycles. The third kappa shape index (κ3) is 6.04. The SMILES string of the molecule is CN(C(=O)c1ccc(Cl)cc1)c1ccc(NC(=O)NCC(O)c2ccc(F)cc2)cc1. The normalized spacial score (nSPS) is 11.5. The molecule has 6 nitrogen and oxygen atoms in total. The zero-order valence-corrected chi connectivity index (χ0v) is 17.4. The van der Waals surface area contributed by atoms with Gasteiger partial charge in [0.1, 0.15) is 5.82 Å². The van der Waals surface area contributed by atoms with Gasteiger partial charge in [-0.3, -0.25) is 4.79 Å². The van der Waals surface area contributed by atoms with Crippen molar-refractivity contribution in [3.63, 3.8) is 0 Å². The van der Waals surface area contributed by atoms with Crippen molar-refractivity contribution in [3.8, 4) is 0 Å². The van der Waals surface area contributed by atoms with E-state index in [1.165, 1.54) is 29.2 Å². The van der Waals surface area contributed by atoms with E-state index in [4.69, 9.17) is 11.6 Å². The Morgan fingerprint density at radius 3 is 2.23 bits per heavy atom. The lowest BCUT2D eigenvalue weighted by molar-refractivity contribution is 0.0993. The van der Waals surface area contributed by atoms with Gasteiger partial charge in [0.15, 0.2) is 0 Å². The minimum absolute atomic E-state index is 0.0338. The molecule has 0 spiro atoms. The summed E-state index contributed by atoms with van der Waals surface area (Å²) in [6.45, 7) is -0.0338. The van der Waals surface area contributed by atoms with Crippen LogP contribution in [0.5, 0.6) is 0 Å². The molecule has 3 rings (SSSR count). The second-order valence-electron chi connectivity index (χ2n) is 6.82. The predicted molar refractivity (Wildman–Crippen MR) is 119 cm³/mol. The van der Waals surface area contributed by atoms with Crippen molar-refractivity contribution in [2.75, 3.05) is 23.8 Å². The Bertz CT molecular complexity index is 1040. The number of carbonyl (C=O) groups excluding carboxylic acids is 2. The Morgan fingerprint density at radius 1 is 1.00 bits per heavy atom. The van der Waals surface area contributed by atoms with Crippen LogP contribution in [-0.2, 0) is 0 Å². The summed E-state index contributed by atoms with van der Waals surface area (Å²) in [5.41, 5.74) is 2.18. The molecule has 0 aliphatic carbocycles. The van der Waals surface area contributed by atoms with Gasteiger partial charge in [-0.1, -0.05) is 23.7 Å². The van der Waals surface area contributed by atoms with E-state index >= 15 is 0 Å². The highest BCUT2D eigenvalue weighted by Gasteiger charge is 2.14. The molecular formula is C23H21ClFN3O3. The monoisotopic (exact) mass is 441 g/mol. The minimum atomic E-state index is -0.957. The highest BCUT2D eigenvalue weighted by Crippen LogP contribution is 2.20. The Balaban J connectivity index is 1.53. The molecule has 3 aromatic rings. The van der Waals surface area contributed by atoms with Gasteiger partial charge in [-0.2, -0.15) is 0 Å². The lowest BCUT2D eigenvalue weighted by atomic mass is 10.1. The molecule has 3 N–H and O–H groups in total. The van der Waals surface area contributed by atoms with Gasteiger partial charge in [0.05, 0.1) is 6.10 Å². The molecule has 0 heterocycles. The number of rotatable bonds is 6. The van der Waals surface area contributed by atoms with Gasteiger partial charge in [-0.05, 0) is 66.2 Å². The number of nitrogens with one attached hydrogen (secondary N) is 2. The van der Waals surface area contributed by atoms with Crippen LogP contribution in [-0.4, -0.2) is 30.6 Å². The maximum atomic E-state index is 12.9. The number of halogens is 2. The summed E-state index contributed by atoms with van der Waals surface area (Å²) in [4.78, 5) is 26.1. The molecule has 31 heavy (non-hydrogen) atoms. The van der Waals surface area contributed by atoms with Crippen molar-refractivity contribution in [1.82, 2.24) is 5.32 Å². The summed E-state index contributed by atoms with van der Waals surface area (Å²) >= 11 is 5.86. The predicted octanol–water partition coefficient (Wildman–Crippen LogP) is 4.61.